The van der Waals surface area contributed by atoms with Crippen LogP contribution in [-0.2, 0) is 19.4 Å². The van der Waals surface area contributed by atoms with Crippen molar-refractivity contribution in [1.29, 1.82) is 0 Å². The molecule has 0 spiro atoms. The molecule has 0 aliphatic heterocycles. The first-order chi connectivity index (χ1) is 16.6. The lowest BCUT2D eigenvalue weighted by Crippen LogP contribution is -2.42. The van der Waals surface area contributed by atoms with Gasteiger partial charge in [0.2, 0.25) is 0 Å². The van der Waals surface area contributed by atoms with Crippen LogP contribution in [0.2, 0.25) is 0 Å². The second-order valence-electron chi connectivity index (χ2n) is 9.16. The van der Waals surface area contributed by atoms with Crippen LogP contribution in [0.4, 0.5) is 0 Å². The molecule has 0 fully saturated rings. The van der Waals surface area contributed by atoms with Gasteiger partial charge in [0.05, 0.1) is 18.0 Å². The maximum absolute atomic E-state index is 14.0. The molecule has 0 saturated carbocycles. The molecule has 0 saturated heterocycles. The van der Waals surface area contributed by atoms with Crippen LogP contribution >= 0.6 is 11.3 Å². The highest BCUT2D eigenvalue weighted by molar-refractivity contribution is 7.18. The van der Waals surface area contributed by atoms with E-state index in [4.69, 9.17) is 0 Å². The molecule has 2 aromatic heterocycles. The van der Waals surface area contributed by atoms with Gasteiger partial charge in [0.1, 0.15) is 4.83 Å². The van der Waals surface area contributed by atoms with Gasteiger partial charge in [-0.3, -0.25) is 13.9 Å². The number of nitrogens with zero attached hydrogens (tertiary/aromatic N) is 2. The molecule has 4 nitrogen and oxygen atoms in total. The van der Waals surface area contributed by atoms with Crippen molar-refractivity contribution in [3.63, 3.8) is 0 Å². The van der Waals surface area contributed by atoms with Crippen LogP contribution in [0.1, 0.15) is 47.4 Å². The maximum atomic E-state index is 14.0. The van der Waals surface area contributed by atoms with Gasteiger partial charge >= 0.3 is 5.69 Å². The number of hydrogen-bond acceptors (Lipinski definition) is 3. The van der Waals surface area contributed by atoms with Crippen molar-refractivity contribution in [3.8, 4) is 0 Å². The van der Waals surface area contributed by atoms with E-state index in [2.05, 4.69) is 24.3 Å². The maximum Gasteiger partial charge on any atom is 0.332 e. The molecule has 1 aliphatic rings. The molecule has 5 heteroatoms. The Morgan fingerprint density at radius 2 is 1.62 bits per heavy atom. The lowest BCUT2D eigenvalue weighted by atomic mass is 9.97. The highest BCUT2D eigenvalue weighted by Crippen LogP contribution is 2.35. The molecule has 0 radical (unpaired) electrons. The highest BCUT2D eigenvalue weighted by Gasteiger charge is 2.26. The predicted molar refractivity (Wildman–Crippen MR) is 140 cm³/mol. The molecule has 0 amide bonds. The summed E-state index contributed by atoms with van der Waals surface area (Å²) in [6, 6.07) is 24.0. The summed E-state index contributed by atoms with van der Waals surface area (Å²) < 4.78 is 3.32. The molecule has 170 valence electrons. The molecule has 1 atom stereocenters. The van der Waals surface area contributed by atoms with Crippen molar-refractivity contribution in [2.24, 2.45) is 0 Å². The van der Waals surface area contributed by atoms with Gasteiger partial charge in [0.25, 0.3) is 5.56 Å². The molecule has 0 bridgehead atoms. The van der Waals surface area contributed by atoms with E-state index in [-0.39, 0.29) is 17.3 Å². The number of hydrogen-bond donors (Lipinski definition) is 0. The first kappa shape index (κ1) is 21.1. The molecule has 0 N–H and O–H groups in total. The molecule has 1 aliphatic carbocycles. The van der Waals surface area contributed by atoms with Crippen molar-refractivity contribution in [2.75, 3.05) is 0 Å². The minimum Gasteiger partial charge on any atom is -0.280 e. The number of aromatic nitrogens is 2. The van der Waals surface area contributed by atoms with Crippen LogP contribution in [0.3, 0.4) is 0 Å². The average molecular weight is 467 g/mol. The van der Waals surface area contributed by atoms with Crippen LogP contribution in [0.15, 0.2) is 82.4 Å². The minimum absolute atomic E-state index is 0.148. The quantitative estimate of drug-likeness (QED) is 0.330. The molecular formula is C29H26N2O2S. The Kier molecular flexibility index (Phi) is 5.22. The van der Waals surface area contributed by atoms with E-state index >= 15 is 0 Å². The Hall–Kier alpha value is -3.44. The molecule has 2 heterocycles. The van der Waals surface area contributed by atoms with E-state index < -0.39 is 0 Å². The largest absolute Gasteiger partial charge is 0.332 e. The number of aryl methyl sites for hydroxylation is 2. The minimum atomic E-state index is -0.344. The highest BCUT2D eigenvalue weighted by atomic mass is 32.1. The third-order valence-corrected chi connectivity index (χ3v) is 8.46. The molecular weight excluding hydrogens is 440 g/mol. The average Bonchev–Trinajstić information content (AvgIpc) is 3.27. The van der Waals surface area contributed by atoms with Crippen molar-refractivity contribution in [1.82, 2.24) is 9.13 Å². The van der Waals surface area contributed by atoms with Gasteiger partial charge in [-0.05, 0) is 60.1 Å². The fourth-order valence-corrected chi connectivity index (χ4v) is 6.72. The zero-order chi connectivity index (χ0) is 23.2. The summed E-state index contributed by atoms with van der Waals surface area (Å²) in [6.07, 6.45) is 4.14. The SMILES string of the molecule is CC(c1ccccc1)n1c(=O)c2c3c(sc2n(Cc2cccc4ccccc24)c1=O)CCCC3. The van der Waals surface area contributed by atoms with Crippen molar-refractivity contribution >= 4 is 32.3 Å². The fraction of sp³-hybridized carbons (Fsp3) is 0.241. The Morgan fingerprint density at radius 3 is 2.47 bits per heavy atom. The van der Waals surface area contributed by atoms with E-state index in [1.165, 1.54) is 9.44 Å². The third kappa shape index (κ3) is 3.34. The number of benzene rings is 3. The van der Waals surface area contributed by atoms with Crippen molar-refractivity contribution in [2.45, 2.75) is 45.2 Å². The molecule has 3 aromatic carbocycles. The van der Waals surface area contributed by atoms with Crippen LogP contribution < -0.4 is 11.2 Å². The van der Waals surface area contributed by atoms with Gasteiger partial charge in [-0.1, -0.05) is 72.8 Å². The van der Waals surface area contributed by atoms with Crippen LogP contribution in [0, 0.1) is 0 Å². The summed E-state index contributed by atoms with van der Waals surface area (Å²) in [7, 11) is 0. The summed E-state index contributed by atoms with van der Waals surface area (Å²) >= 11 is 1.65. The number of fused-ring (bicyclic) bond motifs is 4. The fourth-order valence-electron chi connectivity index (χ4n) is 5.35. The van der Waals surface area contributed by atoms with E-state index in [1.807, 2.05) is 60.0 Å². The summed E-state index contributed by atoms with van der Waals surface area (Å²) in [5, 5.41) is 3.04. The number of thiophene rings is 1. The second-order valence-corrected chi connectivity index (χ2v) is 10.2. The Labute approximate surface area is 201 Å². The normalized spacial score (nSPS) is 14.4. The third-order valence-electron chi connectivity index (χ3n) is 7.15. The van der Waals surface area contributed by atoms with Crippen LogP contribution in [-0.4, -0.2) is 9.13 Å². The Balaban J connectivity index is 1.64. The van der Waals surface area contributed by atoms with Crippen molar-refractivity contribution < 1.29 is 0 Å². The second kappa shape index (κ2) is 8.41. The number of rotatable bonds is 4. The van der Waals surface area contributed by atoms with Crippen molar-refractivity contribution in [3.05, 3.63) is 115 Å². The zero-order valence-corrected chi connectivity index (χ0v) is 20.0. The first-order valence-electron chi connectivity index (χ1n) is 11.9. The lowest BCUT2D eigenvalue weighted by molar-refractivity contribution is 0.552. The standard InChI is InChI=1S/C29H26N2O2S/c1-19(20-10-3-2-4-11-20)31-27(32)26-24-16-7-8-17-25(24)34-28(26)30(29(31)33)18-22-14-9-13-21-12-5-6-15-23(21)22/h2-6,9-15,19H,7-8,16-18H2,1H3. The van der Waals surface area contributed by atoms with Gasteiger partial charge in [-0.25, -0.2) is 4.79 Å². The zero-order valence-electron chi connectivity index (χ0n) is 19.2. The smallest absolute Gasteiger partial charge is 0.280 e. The van der Waals surface area contributed by atoms with Gasteiger partial charge in [-0.15, -0.1) is 11.3 Å². The van der Waals surface area contributed by atoms with Gasteiger partial charge in [0, 0.05) is 4.88 Å². The molecule has 6 rings (SSSR count). The first-order valence-corrected chi connectivity index (χ1v) is 12.8. The van der Waals surface area contributed by atoms with E-state index in [1.54, 1.807) is 11.3 Å². The summed E-state index contributed by atoms with van der Waals surface area (Å²) in [6.45, 7) is 2.39. The molecule has 1 unspecified atom stereocenters. The Bertz CT molecular complexity index is 1640. The summed E-state index contributed by atoms with van der Waals surface area (Å²) in [4.78, 5) is 30.0. The molecule has 34 heavy (non-hydrogen) atoms. The lowest BCUT2D eigenvalue weighted by Gasteiger charge is -2.19. The predicted octanol–water partition coefficient (Wildman–Crippen LogP) is 5.91. The molecule has 5 aromatic rings. The van der Waals surface area contributed by atoms with Gasteiger partial charge in [-0.2, -0.15) is 0 Å². The topological polar surface area (TPSA) is 44.0 Å². The van der Waals surface area contributed by atoms with E-state index in [0.717, 1.165) is 63.4 Å². The van der Waals surface area contributed by atoms with Gasteiger partial charge in [0.15, 0.2) is 0 Å². The van der Waals surface area contributed by atoms with Crippen LogP contribution in [0.5, 0.6) is 0 Å². The summed E-state index contributed by atoms with van der Waals surface area (Å²) in [5.74, 6) is 0. The Morgan fingerprint density at radius 1 is 0.882 bits per heavy atom. The van der Waals surface area contributed by atoms with Crippen LogP contribution in [0.25, 0.3) is 21.0 Å². The van der Waals surface area contributed by atoms with E-state index in [0.29, 0.717) is 6.54 Å². The summed E-state index contributed by atoms with van der Waals surface area (Å²) in [5.41, 5.74) is 2.83. The monoisotopic (exact) mass is 466 g/mol. The van der Waals surface area contributed by atoms with E-state index in [9.17, 15) is 9.59 Å². The van der Waals surface area contributed by atoms with Gasteiger partial charge < -0.3 is 0 Å².